The molecule has 0 heterocycles. The summed E-state index contributed by atoms with van der Waals surface area (Å²) in [5, 5.41) is 12.1. The quantitative estimate of drug-likeness (QED) is 0.662. The highest BCUT2D eigenvalue weighted by Crippen LogP contribution is 2.24. The molecule has 0 bridgehead atoms. The van der Waals surface area contributed by atoms with Crippen LogP contribution in [0.15, 0.2) is 78.9 Å². The Morgan fingerprint density at radius 2 is 1.41 bits per heavy atom. The van der Waals surface area contributed by atoms with E-state index >= 15 is 0 Å². The van der Waals surface area contributed by atoms with Gasteiger partial charge >= 0.3 is 0 Å². The summed E-state index contributed by atoms with van der Waals surface area (Å²) in [6, 6.07) is 26.5. The van der Waals surface area contributed by atoms with Crippen LogP contribution >= 0.6 is 0 Å². The van der Waals surface area contributed by atoms with E-state index in [-0.39, 0.29) is 17.3 Å². The molecule has 2 nitrogen and oxygen atoms in total. The lowest BCUT2D eigenvalue weighted by atomic mass is 9.87. The summed E-state index contributed by atoms with van der Waals surface area (Å²) in [6.07, 6.45) is -0.0623. The van der Waals surface area contributed by atoms with Gasteiger partial charge in [-0.15, -0.1) is 0 Å². The number of benzene rings is 3. The van der Waals surface area contributed by atoms with Crippen molar-refractivity contribution in [3.8, 4) is 5.75 Å². The Balaban J connectivity index is 2.02. The Hall–Kier alpha value is -2.36. The first-order chi connectivity index (χ1) is 12.9. The Bertz CT molecular complexity index is 867. The van der Waals surface area contributed by atoms with Crippen LogP contribution in [0.4, 0.5) is 0 Å². The normalized spacial score (nSPS) is 12.9. The van der Waals surface area contributed by atoms with E-state index < -0.39 is 9.04 Å². The van der Waals surface area contributed by atoms with Crippen LogP contribution in [0.2, 0.25) is 0 Å². The lowest BCUT2D eigenvalue weighted by Gasteiger charge is -2.28. The lowest BCUT2D eigenvalue weighted by Crippen LogP contribution is -2.48. The van der Waals surface area contributed by atoms with Crippen molar-refractivity contribution in [2.75, 3.05) is 0 Å². The zero-order valence-electron chi connectivity index (χ0n) is 16.4. The Kier molecular flexibility index (Phi) is 5.83. The maximum Gasteiger partial charge on any atom is 0.283 e. The van der Waals surface area contributed by atoms with Crippen molar-refractivity contribution < 1.29 is 9.53 Å². The highest BCUT2D eigenvalue weighted by atomic mass is 28.3. The molecule has 0 aliphatic carbocycles. The van der Waals surface area contributed by atoms with Crippen molar-refractivity contribution in [1.29, 1.82) is 0 Å². The van der Waals surface area contributed by atoms with Crippen LogP contribution in [0.25, 0.3) is 0 Å². The molecule has 0 fully saturated rings. The van der Waals surface area contributed by atoms with Crippen molar-refractivity contribution in [2.24, 2.45) is 0 Å². The Labute approximate surface area is 164 Å². The Morgan fingerprint density at radius 1 is 0.815 bits per heavy atom. The number of hydrogen-bond acceptors (Lipinski definition) is 2. The molecule has 0 aromatic heterocycles. The van der Waals surface area contributed by atoms with E-state index in [4.69, 9.17) is 4.43 Å². The maximum atomic E-state index is 9.57. The van der Waals surface area contributed by atoms with Gasteiger partial charge in [-0.05, 0) is 46.0 Å². The number of rotatable bonds is 5. The van der Waals surface area contributed by atoms with Crippen molar-refractivity contribution >= 4 is 19.4 Å². The van der Waals surface area contributed by atoms with Gasteiger partial charge in [-0.2, -0.15) is 0 Å². The van der Waals surface area contributed by atoms with E-state index in [9.17, 15) is 5.11 Å². The van der Waals surface area contributed by atoms with Crippen molar-refractivity contribution in [3.05, 3.63) is 90.0 Å². The Morgan fingerprint density at radius 3 is 2.04 bits per heavy atom. The van der Waals surface area contributed by atoms with Crippen molar-refractivity contribution in [3.63, 3.8) is 0 Å². The average molecular weight is 376 g/mol. The molecule has 0 saturated heterocycles. The highest BCUT2D eigenvalue weighted by molar-refractivity contribution is 6.80. The molecule has 139 valence electrons. The molecule has 0 saturated carbocycles. The molecule has 3 aromatic rings. The number of phenolic OH excluding ortho intramolecular Hbond substituents is 1. The van der Waals surface area contributed by atoms with E-state index in [1.54, 1.807) is 12.1 Å². The van der Waals surface area contributed by atoms with Crippen molar-refractivity contribution in [2.45, 2.75) is 39.2 Å². The van der Waals surface area contributed by atoms with E-state index in [0.717, 1.165) is 5.56 Å². The molecule has 27 heavy (non-hydrogen) atoms. The van der Waals surface area contributed by atoms with Crippen LogP contribution in [0, 0.1) is 0 Å². The number of aromatic hydroxyl groups is 1. The first-order valence-electron chi connectivity index (χ1n) is 9.34. The summed E-state index contributed by atoms with van der Waals surface area (Å²) in [5.74, 6) is 0.276. The van der Waals surface area contributed by atoms with Gasteiger partial charge in [0.25, 0.3) is 9.04 Å². The molecule has 0 aliphatic heterocycles. The largest absolute Gasteiger partial charge is 0.508 e. The van der Waals surface area contributed by atoms with Crippen LogP contribution < -0.4 is 10.4 Å². The van der Waals surface area contributed by atoms with E-state index in [1.165, 1.54) is 15.9 Å². The molecule has 1 unspecified atom stereocenters. The standard InChI is InChI=1S/C24H27O2Si/c1-18(19-14-16-20(25)17-15-19)26-27(21-10-6-5-7-11-21)23-13-9-8-12-22(23)24(2,3)4/h5-18,25H,1-4H3. The molecule has 3 rings (SSSR count). The summed E-state index contributed by atoms with van der Waals surface area (Å²) in [4.78, 5) is 0. The second-order valence-corrected chi connectivity index (χ2v) is 9.85. The molecule has 3 heteroatoms. The molecular weight excluding hydrogens is 348 g/mol. The van der Waals surface area contributed by atoms with Crippen molar-refractivity contribution in [1.82, 2.24) is 0 Å². The van der Waals surface area contributed by atoms with Gasteiger partial charge in [-0.3, -0.25) is 0 Å². The second kappa shape index (κ2) is 8.11. The zero-order valence-corrected chi connectivity index (χ0v) is 17.4. The fraction of sp³-hybridized carbons (Fsp3) is 0.250. The van der Waals surface area contributed by atoms with Crippen LogP contribution in [0.1, 0.15) is 44.9 Å². The van der Waals surface area contributed by atoms with E-state index in [0.29, 0.717) is 0 Å². The summed E-state index contributed by atoms with van der Waals surface area (Å²) >= 11 is 0. The third-order valence-corrected chi connectivity index (χ3v) is 7.05. The first-order valence-corrected chi connectivity index (χ1v) is 10.7. The van der Waals surface area contributed by atoms with Crippen LogP contribution in [-0.2, 0) is 9.84 Å². The van der Waals surface area contributed by atoms with Gasteiger partial charge in [0.1, 0.15) is 5.75 Å². The first kappa shape index (κ1) is 19.4. The van der Waals surface area contributed by atoms with Gasteiger partial charge in [-0.25, -0.2) is 0 Å². The van der Waals surface area contributed by atoms with Gasteiger partial charge in [-0.1, -0.05) is 87.5 Å². The second-order valence-electron chi connectivity index (χ2n) is 7.84. The highest BCUT2D eigenvalue weighted by Gasteiger charge is 2.28. The molecular formula is C24H27O2Si. The molecule has 0 spiro atoms. The minimum Gasteiger partial charge on any atom is -0.508 e. The third-order valence-electron chi connectivity index (χ3n) is 4.67. The zero-order chi connectivity index (χ0) is 19.4. The summed E-state index contributed by atoms with van der Waals surface area (Å²) in [6.45, 7) is 8.83. The molecule has 1 atom stereocenters. The van der Waals surface area contributed by atoms with Gasteiger partial charge in [0.05, 0.1) is 6.10 Å². The molecule has 0 aliphatic rings. The smallest absolute Gasteiger partial charge is 0.283 e. The molecule has 3 aromatic carbocycles. The SMILES string of the molecule is CC(O[Si](c1ccccc1)c1ccccc1C(C)(C)C)c1ccc(O)cc1. The fourth-order valence-electron chi connectivity index (χ4n) is 3.20. The minimum atomic E-state index is -1.43. The summed E-state index contributed by atoms with van der Waals surface area (Å²) < 4.78 is 6.70. The van der Waals surface area contributed by atoms with Gasteiger partial charge in [0.2, 0.25) is 0 Å². The van der Waals surface area contributed by atoms with E-state index in [1.807, 2.05) is 18.2 Å². The lowest BCUT2D eigenvalue weighted by molar-refractivity contribution is 0.236. The van der Waals surface area contributed by atoms with E-state index in [2.05, 4.69) is 76.2 Å². The third kappa shape index (κ3) is 4.68. The average Bonchev–Trinajstić information content (AvgIpc) is 2.66. The van der Waals surface area contributed by atoms with Gasteiger partial charge < -0.3 is 9.53 Å². The van der Waals surface area contributed by atoms with Crippen LogP contribution in [0.3, 0.4) is 0 Å². The molecule has 1 radical (unpaired) electrons. The van der Waals surface area contributed by atoms with Crippen LogP contribution in [-0.4, -0.2) is 14.1 Å². The summed E-state index contributed by atoms with van der Waals surface area (Å²) in [7, 11) is -1.43. The predicted molar refractivity (Wildman–Crippen MR) is 114 cm³/mol. The maximum absolute atomic E-state index is 9.57. The fourth-order valence-corrected chi connectivity index (χ4v) is 5.71. The van der Waals surface area contributed by atoms with Gasteiger partial charge in [0, 0.05) is 0 Å². The number of phenols is 1. The van der Waals surface area contributed by atoms with Gasteiger partial charge in [0.15, 0.2) is 0 Å². The molecule has 0 amide bonds. The number of hydrogen-bond donors (Lipinski definition) is 1. The predicted octanol–water partition coefficient (Wildman–Crippen LogP) is 4.57. The minimum absolute atomic E-state index is 0.0480. The summed E-state index contributed by atoms with van der Waals surface area (Å²) in [5.41, 5.74) is 2.45. The van der Waals surface area contributed by atoms with Crippen LogP contribution in [0.5, 0.6) is 5.75 Å². The monoisotopic (exact) mass is 375 g/mol. The molecule has 1 N–H and O–H groups in total. The topological polar surface area (TPSA) is 29.5 Å².